The predicted molar refractivity (Wildman–Crippen MR) is 75.6 cm³/mol. The number of hydrogen-bond acceptors (Lipinski definition) is 3. The normalized spacial score (nSPS) is 17.6. The third kappa shape index (κ3) is 2.95. The van der Waals surface area contributed by atoms with Crippen molar-refractivity contribution in [2.75, 3.05) is 20.3 Å². The third-order valence-corrected chi connectivity index (χ3v) is 4.63. The SMILES string of the molecule is CCc1nn(C)c(CN(C)C2CCOCC2)c1Br. The van der Waals surface area contributed by atoms with E-state index in [0.29, 0.717) is 6.04 Å². The molecule has 0 unspecified atom stereocenters. The number of nitrogens with zero attached hydrogens (tertiary/aromatic N) is 3. The number of halogens is 1. The van der Waals surface area contributed by atoms with Crippen molar-refractivity contribution < 1.29 is 4.74 Å². The van der Waals surface area contributed by atoms with Crippen LogP contribution in [-0.4, -0.2) is 41.0 Å². The van der Waals surface area contributed by atoms with Crippen molar-refractivity contribution in [1.29, 1.82) is 0 Å². The van der Waals surface area contributed by atoms with Crippen molar-refractivity contribution in [3.63, 3.8) is 0 Å². The van der Waals surface area contributed by atoms with Gasteiger partial charge >= 0.3 is 0 Å². The van der Waals surface area contributed by atoms with E-state index in [1.807, 2.05) is 11.7 Å². The van der Waals surface area contributed by atoms with Gasteiger partial charge in [-0.1, -0.05) is 6.92 Å². The second-order valence-electron chi connectivity index (χ2n) is 4.94. The number of rotatable bonds is 4. The second kappa shape index (κ2) is 6.17. The summed E-state index contributed by atoms with van der Waals surface area (Å²) in [7, 11) is 4.22. The average molecular weight is 316 g/mol. The highest BCUT2D eigenvalue weighted by Crippen LogP contribution is 2.24. The van der Waals surface area contributed by atoms with Crippen molar-refractivity contribution in [3.05, 3.63) is 15.9 Å². The molecule has 0 radical (unpaired) electrons. The van der Waals surface area contributed by atoms with Crippen LogP contribution in [0.3, 0.4) is 0 Å². The lowest BCUT2D eigenvalue weighted by molar-refractivity contribution is 0.0399. The lowest BCUT2D eigenvalue weighted by atomic mass is 10.1. The molecular weight excluding hydrogens is 294 g/mol. The predicted octanol–water partition coefficient (Wildman–Crippen LogP) is 2.36. The maximum absolute atomic E-state index is 5.42. The zero-order valence-corrected chi connectivity index (χ0v) is 13.0. The molecule has 18 heavy (non-hydrogen) atoms. The summed E-state index contributed by atoms with van der Waals surface area (Å²) in [5, 5.41) is 4.55. The van der Waals surface area contributed by atoms with Gasteiger partial charge < -0.3 is 4.74 Å². The van der Waals surface area contributed by atoms with Gasteiger partial charge in [0.1, 0.15) is 0 Å². The minimum Gasteiger partial charge on any atom is -0.381 e. The van der Waals surface area contributed by atoms with Gasteiger partial charge in [-0.25, -0.2) is 0 Å². The van der Waals surface area contributed by atoms with E-state index in [1.54, 1.807) is 0 Å². The zero-order valence-electron chi connectivity index (χ0n) is 11.4. The van der Waals surface area contributed by atoms with Crippen LogP contribution in [0.1, 0.15) is 31.2 Å². The van der Waals surface area contributed by atoms with Crippen molar-refractivity contribution in [3.8, 4) is 0 Å². The molecule has 2 heterocycles. The van der Waals surface area contributed by atoms with Gasteiger partial charge in [0.25, 0.3) is 0 Å². The highest BCUT2D eigenvalue weighted by Gasteiger charge is 2.21. The van der Waals surface area contributed by atoms with Gasteiger partial charge in [-0.3, -0.25) is 9.58 Å². The highest BCUT2D eigenvalue weighted by molar-refractivity contribution is 9.10. The van der Waals surface area contributed by atoms with Gasteiger partial charge in [0, 0.05) is 32.8 Å². The quantitative estimate of drug-likeness (QED) is 0.854. The average Bonchev–Trinajstić information content (AvgIpc) is 2.67. The van der Waals surface area contributed by atoms with E-state index >= 15 is 0 Å². The molecule has 0 aromatic carbocycles. The molecule has 0 amide bonds. The number of aromatic nitrogens is 2. The lowest BCUT2D eigenvalue weighted by Crippen LogP contribution is -2.36. The molecule has 0 bridgehead atoms. The molecule has 1 aromatic heterocycles. The van der Waals surface area contributed by atoms with Crippen molar-refractivity contribution in [1.82, 2.24) is 14.7 Å². The van der Waals surface area contributed by atoms with Gasteiger partial charge in [0.15, 0.2) is 0 Å². The summed E-state index contributed by atoms with van der Waals surface area (Å²) < 4.78 is 8.59. The molecule has 2 rings (SSSR count). The zero-order chi connectivity index (χ0) is 13.1. The fraction of sp³-hybridized carbons (Fsp3) is 0.769. The number of hydrogen-bond donors (Lipinski definition) is 0. The summed E-state index contributed by atoms with van der Waals surface area (Å²) in [6.07, 6.45) is 3.23. The number of ether oxygens (including phenoxy) is 1. The molecule has 0 N–H and O–H groups in total. The van der Waals surface area contributed by atoms with Gasteiger partial charge in [-0.15, -0.1) is 0 Å². The maximum atomic E-state index is 5.42. The molecule has 0 saturated carbocycles. The Morgan fingerprint density at radius 2 is 2.11 bits per heavy atom. The molecule has 0 atom stereocenters. The summed E-state index contributed by atoms with van der Waals surface area (Å²) in [4.78, 5) is 2.42. The molecule has 1 aromatic rings. The van der Waals surface area contributed by atoms with Gasteiger partial charge in [-0.2, -0.15) is 5.10 Å². The van der Waals surface area contributed by atoms with Crippen LogP contribution >= 0.6 is 15.9 Å². The Balaban J connectivity index is 2.06. The molecule has 0 aliphatic carbocycles. The van der Waals surface area contributed by atoms with Crippen LogP contribution in [0.15, 0.2) is 4.47 Å². The van der Waals surface area contributed by atoms with Crippen LogP contribution in [0.4, 0.5) is 0 Å². The first-order chi connectivity index (χ1) is 8.63. The first kappa shape index (κ1) is 14.0. The van der Waals surface area contributed by atoms with Crippen LogP contribution in [-0.2, 0) is 24.8 Å². The molecule has 0 spiro atoms. The molecule has 4 nitrogen and oxygen atoms in total. The molecule has 1 aliphatic heterocycles. The van der Waals surface area contributed by atoms with Gasteiger partial charge in [-0.05, 0) is 42.2 Å². The third-order valence-electron chi connectivity index (χ3n) is 3.72. The molecular formula is C13H22BrN3O. The van der Waals surface area contributed by atoms with Crippen molar-refractivity contribution in [2.45, 2.75) is 38.8 Å². The summed E-state index contributed by atoms with van der Waals surface area (Å²) in [5.74, 6) is 0. The second-order valence-corrected chi connectivity index (χ2v) is 5.74. The molecule has 1 saturated heterocycles. The topological polar surface area (TPSA) is 30.3 Å². The number of aryl methyl sites for hydroxylation is 2. The van der Waals surface area contributed by atoms with E-state index in [0.717, 1.165) is 44.7 Å². The Morgan fingerprint density at radius 3 is 2.67 bits per heavy atom. The molecule has 1 aliphatic rings. The Hall–Kier alpha value is -0.390. The standard InChI is InChI=1S/C13H22BrN3O/c1-4-11-13(14)12(17(3)15-11)9-16(2)10-5-7-18-8-6-10/h10H,4-9H2,1-3H3. The van der Waals surface area contributed by atoms with Gasteiger partial charge in [0.2, 0.25) is 0 Å². The van der Waals surface area contributed by atoms with E-state index in [9.17, 15) is 0 Å². The summed E-state index contributed by atoms with van der Waals surface area (Å²) in [6.45, 7) is 4.86. The summed E-state index contributed by atoms with van der Waals surface area (Å²) in [5.41, 5.74) is 2.41. The first-order valence-electron chi connectivity index (χ1n) is 6.61. The fourth-order valence-corrected chi connectivity index (χ4v) is 3.22. The van der Waals surface area contributed by atoms with Crippen LogP contribution in [0.2, 0.25) is 0 Å². The van der Waals surface area contributed by atoms with Crippen molar-refractivity contribution in [2.24, 2.45) is 7.05 Å². The molecule has 1 fully saturated rings. The Bertz CT molecular complexity index is 399. The Labute approximate surface area is 117 Å². The fourth-order valence-electron chi connectivity index (χ4n) is 2.48. The maximum Gasteiger partial charge on any atom is 0.0767 e. The molecule has 5 heteroatoms. The van der Waals surface area contributed by atoms with E-state index in [2.05, 4.69) is 39.9 Å². The first-order valence-corrected chi connectivity index (χ1v) is 7.41. The highest BCUT2D eigenvalue weighted by atomic mass is 79.9. The molecule has 102 valence electrons. The van der Waals surface area contributed by atoms with Crippen LogP contribution in [0.25, 0.3) is 0 Å². The smallest absolute Gasteiger partial charge is 0.0767 e. The summed E-state index contributed by atoms with van der Waals surface area (Å²) >= 11 is 3.68. The van der Waals surface area contributed by atoms with E-state index < -0.39 is 0 Å². The van der Waals surface area contributed by atoms with Crippen LogP contribution < -0.4 is 0 Å². The Kier molecular flexibility index (Phi) is 4.81. The monoisotopic (exact) mass is 315 g/mol. The van der Waals surface area contributed by atoms with E-state index in [1.165, 1.54) is 10.2 Å². The van der Waals surface area contributed by atoms with Crippen molar-refractivity contribution >= 4 is 15.9 Å². The summed E-state index contributed by atoms with van der Waals surface area (Å²) in [6, 6.07) is 0.630. The van der Waals surface area contributed by atoms with Gasteiger partial charge in [0.05, 0.1) is 15.9 Å². The van der Waals surface area contributed by atoms with E-state index in [-0.39, 0.29) is 0 Å². The van der Waals surface area contributed by atoms with E-state index in [4.69, 9.17) is 4.74 Å². The van der Waals surface area contributed by atoms with Crippen LogP contribution in [0, 0.1) is 0 Å². The largest absolute Gasteiger partial charge is 0.381 e. The minimum atomic E-state index is 0.630. The van der Waals surface area contributed by atoms with Crippen LogP contribution in [0.5, 0.6) is 0 Å². The minimum absolute atomic E-state index is 0.630. The lowest BCUT2D eigenvalue weighted by Gasteiger charge is -2.31. The Morgan fingerprint density at radius 1 is 1.44 bits per heavy atom.